The third-order valence-electron chi connectivity index (χ3n) is 2.93. The molecule has 1 N–H and O–H groups in total. The summed E-state index contributed by atoms with van der Waals surface area (Å²) in [6.45, 7) is 6.27. The first-order valence-corrected chi connectivity index (χ1v) is 6.21. The minimum atomic E-state index is -0.565. The van der Waals surface area contributed by atoms with Crippen LogP contribution in [0.25, 0.3) is 0 Å². The Morgan fingerprint density at radius 2 is 2.05 bits per heavy atom. The van der Waals surface area contributed by atoms with Gasteiger partial charge in [-0.15, -0.1) is 0 Å². The Balaban J connectivity index is 2.10. The number of nitrogens with zero attached hydrogens (tertiary/aromatic N) is 2. The third kappa shape index (κ3) is 3.10. The number of rotatable bonds is 4. The predicted molar refractivity (Wildman–Crippen MR) is 71.0 cm³/mol. The second-order valence-electron chi connectivity index (χ2n) is 4.79. The van der Waals surface area contributed by atoms with Crippen LogP contribution in [0.15, 0.2) is 24.4 Å². The predicted octanol–water partition coefficient (Wildman–Crippen LogP) is 3.66. The molecule has 0 amide bonds. The maximum Gasteiger partial charge on any atom is 0.131 e. The molecular formula is C14H17F2N3. The van der Waals surface area contributed by atoms with Gasteiger partial charge in [-0.2, -0.15) is 5.10 Å². The largest absolute Gasteiger partial charge is 0.378 e. The van der Waals surface area contributed by atoms with Crippen LogP contribution in [0.1, 0.15) is 31.1 Å². The van der Waals surface area contributed by atoms with Crippen LogP contribution in [0, 0.1) is 18.6 Å². The second-order valence-corrected chi connectivity index (χ2v) is 4.79. The highest BCUT2D eigenvalue weighted by atomic mass is 19.1. The van der Waals surface area contributed by atoms with E-state index >= 15 is 0 Å². The molecule has 0 aliphatic heterocycles. The Morgan fingerprint density at radius 1 is 1.32 bits per heavy atom. The van der Waals surface area contributed by atoms with Gasteiger partial charge in [0.1, 0.15) is 11.6 Å². The van der Waals surface area contributed by atoms with E-state index in [0.717, 1.165) is 17.4 Å². The van der Waals surface area contributed by atoms with Crippen molar-refractivity contribution in [3.63, 3.8) is 0 Å². The van der Waals surface area contributed by atoms with E-state index in [0.29, 0.717) is 12.1 Å². The molecule has 0 fully saturated rings. The first-order chi connectivity index (χ1) is 8.97. The van der Waals surface area contributed by atoms with Gasteiger partial charge in [0.2, 0.25) is 0 Å². The first kappa shape index (κ1) is 13.5. The summed E-state index contributed by atoms with van der Waals surface area (Å²) in [6.07, 6.45) is 1.89. The lowest BCUT2D eigenvalue weighted by Gasteiger charge is -2.06. The van der Waals surface area contributed by atoms with E-state index in [1.807, 2.05) is 31.6 Å². The van der Waals surface area contributed by atoms with Gasteiger partial charge in [-0.25, -0.2) is 8.78 Å². The van der Waals surface area contributed by atoms with Crippen molar-refractivity contribution in [2.45, 2.75) is 33.4 Å². The Bertz CT molecular complexity index is 576. The summed E-state index contributed by atoms with van der Waals surface area (Å²) in [7, 11) is 0. The summed E-state index contributed by atoms with van der Waals surface area (Å²) in [5.41, 5.74) is 2.15. The number of hydrogen-bond donors (Lipinski definition) is 1. The number of hydrogen-bond acceptors (Lipinski definition) is 2. The van der Waals surface area contributed by atoms with Crippen LogP contribution >= 0.6 is 0 Å². The Kier molecular flexibility index (Phi) is 3.83. The van der Waals surface area contributed by atoms with Crippen LogP contribution in [0.5, 0.6) is 0 Å². The van der Waals surface area contributed by atoms with Gasteiger partial charge in [0.15, 0.2) is 0 Å². The molecule has 1 aromatic heterocycles. The fourth-order valence-corrected chi connectivity index (χ4v) is 1.78. The van der Waals surface area contributed by atoms with Gasteiger partial charge < -0.3 is 5.32 Å². The molecule has 0 aliphatic carbocycles. The number of nitrogens with one attached hydrogen (secondary N) is 1. The number of anilines is 1. The molecule has 0 atom stereocenters. The molecule has 0 bridgehead atoms. The van der Waals surface area contributed by atoms with Crippen molar-refractivity contribution in [1.82, 2.24) is 9.78 Å². The molecule has 0 saturated heterocycles. The maximum absolute atomic E-state index is 13.5. The smallest absolute Gasteiger partial charge is 0.131 e. The molecule has 102 valence electrons. The molecule has 2 rings (SSSR count). The topological polar surface area (TPSA) is 29.9 Å². The lowest BCUT2D eigenvalue weighted by atomic mass is 10.2. The zero-order valence-corrected chi connectivity index (χ0v) is 11.2. The Hall–Kier alpha value is -1.91. The van der Waals surface area contributed by atoms with Gasteiger partial charge in [-0.3, -0.25) is 4.68 Å². The average Bonchev–Trinajstić information content (AvgIpc) is 2.70. The molecule has 0 spiro atoms. The molecule has 0 unspecified atom stereocenters. The Labute approximate surface area is 111 Å². The molecule has 5 heteroatoms. The molecule has 0 saturated carbocycles. The van der Waals surface area contributed by atoms with E-state index in [1.165, 1.54) is 12.1 Å². The number of aromatic nitrogens is 2. The van der Waals surface area contributed by atoms with Crippen molar-refractivity contribution in [2.75, 3.05) is 5.32 Å². The SMILES string of the molecule is Cc1nn(C(C)C)cc1NCc1ccc(F)cc1F. The summed E-state index contributed by atoms with van der Waals surface area (Å²) in [5.74, 6) is -1.11. The fourth-order valence-electron chi connectivity index (χ4n) is 1.78. The van der Waals surface area contributed by atoms with E-state index in [2.05, 4.69) is 10.4 Å². The molecule has 1 heterocycles. The molecule has 0 radical (unpaired) electrons. The van der Waals surface area contributed by atoms with Crippen LogP contribution in [0.2, 0.25) is 0 Å². The molecular weight excluding hydrogens is 248 g/mol. The normalized spacial score (nSPS) is 11.1. The van der Waals surface area contributed by atoms with Crippen molar-refractivity contribution in [3.8, 4) is 0 Å². The summed E-state index contributed by atoms with van der Waals surface area (Å²) in [4.78, 5) is 0. The van der Waals surface area contributed by atoms with Crippen LogP contribution in [0.4, 0.5) is 14.5 Å². The van der Waals surface area contributed by atoms with Crippen molar-refractivity contribution >= 4 is 5.69 Å². The first-order valence-electron chi connectivity index (χ1n) is 6.21. The summed E-state index contributed by atoms with van der Waals surface area (Å²) in [6, 6.07) is 3.86. The van der Waals surface area contributed by atoms with E-state index in [1.54, 1.807) is 0 Å². The third-order valence-corrected chi connectivity index (χ3v) is 2.93. The molecule has 19 heavy (non-hydrogen) atoms. The van der Waals surface area contributed by atoms with Crippen molar-refractivity contribution in [3.05, 3.63) is 47.3 Å². The van der Waals surface area contributed by atoms with Gasteiger partial charge in [0, 0.05) is 30.4 Å². The van der Waals surface area contributed by atoms with Crippen LogP contribution in [0.3, 0.4) is 0 Å². The highest BCUT2D eigenvalue weighted by molar-refractivity contribution is 5.46. The van der Waals surface area contributed by atoms with Gasteiger partial charge in [-0.1, -0.05) is 6.07 Å². The molecule has 1 aromatic carbocycles. The van der Waals surface area contributed by atoms with Crippen LogP contribution < -0.4 is 5.32 Å². The highest BCUT2D eigenvalue weighted by Crippen LogP contribution is 2.18. The van der Waals surface area contributed by atoms with E-state index in [-0.39, 0.29) is 6.04 Å². The van der Waals surface area contributed by atoms with Crippen LogP contribution in [-0.2, 0) is 6.54 Å². The second kappa shape index (κ2) is 5.38. The van der Waals surface area contributed by atoms with Crippen molar-refractivity contribution in [1.29, 1.82) is 0 Å². The average molecular weight is 265 g/mol. The van der Waals surface area contributed by atoms with Crippen molar-refractivity contribution < 1.29 is 8.78 Å². The Morgan fingerprint density at radius 3 is 2.63 bits per heavy atom. The fraction of sp³-hybridized carbons (Fsp3) is 0.357. The van der Waals surface area contributed by atoms with E-state index in [9.17, 15) is 8.78 Å². The number of aryl methyl sites for hydroxylation is 1. The lowest BCUT2D eigenvalue weighted by Crippen LogP contribution is -2.02. The number of halogens is 2. The van der Waals surface area contributed by atoms with Gasteiger partial charge in [0.25, 0.3) is 0 Å². The highest BCUT2D eigenvalue weighted by Gasteiger charge is 2.08. The van der Waals surface area contributed by atoms with Crippen LogP contribution in [-0.4, -0.2) is 9.78 Å². The summed E-state index contributed by atoms with van der Waals surface area (Å²) < 4.78 is 28.1. The van der Waals surface area contributed by atoms with E-state index in [4.69, 9.17) is 0 Å². The lowest BCUT2D eigenvalue weighted by molar-refractivity contribution is 0.529. The monoisotopic (exact) mass is 265 g/mol. The minimum absolute atomic E-state index is 0.275. The standard InChI is InChI=1S/C14H17F2N3/c1-9(2)19-8-14(10(3)18-19)17-7-11-4-5-12(15)6-13(11)16/h4-6,8-9,17H,7H2,1-3H3. The van der Waals surface area contributed by atoms with Gasteiger partial charge in [-0.05, 0) is 26.8 Å². The van der Waals surface area contributed by atoms with Gasteiger partial charge >= 0.3 is 0 Å². The zero-order chi connectivity index (χ0) is 14.0. The van der Waals surface area contributed by atoms with E-state index < -0.39 is 11.6 Å². The molecule has 0 aliphatic rings. The summed E-state index contributed by atoms with van der Waals surface area (Å²) in [5, 5.41) is 7.48. The quantitative estimate of drug-likeness (QED) is 0.914. The molecule has 2 aromatic rings. The molecule has 3 nitrogen and oxygen atoms in total. The van der Waals surface area contributed by atoms with Crippen molar-refractivity contribution in [2.24, 2.45) is 0 Å². The number of benzene rings is 1. The zero-order valence-electron chi connectivity index (χ0n) is 11.2. The van der Waals surface area contributed by atoms with Gasteiger partial charge in [0.05, 0.1) is 11.4 Å². The maximum atomic E-state index is 13.5. The summed E-state index contributed by atoms with van der Waals surface area (Å²) >= 11 is 0. The minimum Gasteiger partial charge on any atom is -0.378 e.